The molecule has 1 N–H and O–H groups in total. The number of amides is 1. The fraction of sp³-hybridized carbons (Fsp3) is 0.632. The van der Waals surface area contributed by atoms with E-state index in [1.165, 1.54) is 18.9 Å². The summed E-state index contributed by atoms with van der Waals surface area (Å²) >= 11 is 0. The van der Waals surface area contributed by atoms with Crippen LogP contribution in [0.4, 0.5) is 4.39 Å². The Morgan fingerprint density at radius 1 is 1.00 bits per heavy atom. The maximum atomic E-state index is 13.7. The summed E-state index contributed by atoms with van der Waals surface area (Å²) < 4.78 is 13.7. The van der Waals surface area contributed by atoms with Crippen LogP contribution in [-0.2, 0) is 0 Å². The second-order valence-corrected chi connectivity index (χ2v) is 8.29. The maximum absolute atomic E-state index is 13.7. The Hall–Kier alpha value is -1.38. The molecule has 6 aliphatic carbocycles. The van der Waals surface area contributed by atoms with Crippen molar-refractivity contribution in [2.45, 2.75) is 12.8 Å². The van der Waals surface area contributed by atoms with Crippen LogP contribution >= 0.6 is 0 Å². The van der Waals surface area contributed by atoms with Gasteiger partial charge < -0.3 is 5.32 Å². The second-order valence-electron chi connectivity index (χ2n) is 8.29. The van der Waals surface area contributed by atoms with Crippen LogP contribution in [0.1, 0.15) is 23.2 Å². The van der Waals surface area contributed by atoms with Gasteiger partial charge in [0.2, 0.25) is 0 Å². The van der Waals surface area contributed by atoms with Crippen LogP contribution in [0.25, 0.3) is 0 Å². The molecule has 1 amide bonds. The third kappa shape index (κ3) is 1.16. The Morgan fingerprint density at radius 3 is 2.27 bits per heavy atom. The number of rotatable bonds is 3. The molecule has 0 heterocycles. The lowest BCUT2D eigenvalue weighted by Crippen LogP contribution is -2.32. The molecule has 0 radical (unpaired) electrons. The Balaban J connectivity index is 1.22. The Morgan fingerprint density at radius 2 is 1.64 bits per heavy atom. The molecule has 6 aliphatic rings. The summed E-state index contributed by atoms with van der Waals surface area (Å²) in [7, 11) is 0. The highest BCUT2D eigenvalue weighted by atomic mass is 19.1. The fourth-order valence-electron chi connectivity index (χ4n) is 8.04. The zero-order valence-corrected chi connectivity index (χ0v) is 12.4. The van der Waals surface area contributed by atoms with E-state index in [0.29, 0.717) is 5.92 Å². The van der Waals surface area contributed by atoms with E-state index < -0.39 is 5.82 Å². The number of halogens is 1. The minimum Gasteiger partial charge on any atom is -0.352 e. The third-order valence-electron chi connectivity index (χ3n) is 8.10. The molecular formula is C19H20FNO. The van der Waals surface area contributed by atoms with E-state index in [1.807, 2.05) is 0 Å². The summed E-state index contributed by atoms with van der Waals surface area (Å²) in [6.07, 6.45) is 2.96. The van der Waals surface area contributed by atoms with Gasteiger partial charge in [-0.25, -0.2) is 4.39 Å². The molecule has 0 aromatic heterocycles. The summed E-state index contributed by atoms with van der Waals surface area (Å²) in [5.74, 6) is 7.77. The molecule has 0 saturated heterocycles. The topological polar surface area (TPSA) is 29.1 Å². The van der Waals surface area contributed by atoms with Crippen molar-refractivity contribution >= 4 is 5.91 Å². The van der Waals surface area contributed by atoms with Crippen molar-refractivity contribution in [1.82, 2.24) is 5.32 Å². The van der Waals surface area contributed by atoms with Crippen molar-refractivity contribution < 1.29 is 9.18 Å². The molecule has 6 bridgehead atoms. The van der Waals surface area contributed by atoms with Crippen LogP contribution in [-0.4, -0.2) is 12.5 Å². The predicted molar refractivity (Wildman–Crippen MR) is 79.4 cm³/mol. The standard InChI is InChI=1S/C19H20FNO/c20-14-4-2-1-3-8(14)19(22)21-7-13-17-11-5-9-10-6-12(15(9)17)18(13)16(10)11/h1-4,9-13,15-18H,5-7H2,(H,21,22). The van der Waals surface area contributed by atoms with E-state index in [9.17, 15) is 9.18 Å². The average Bonchev–Trinajstić information content (AvgIpc) is 3.23. The van der Waals surface area contributed by atoms with Gasteiger partial charge in [0, 0.05) is 6.54 Å². The van der Waals surface area contributed by atoms with Gasteiger partial charge in [0.25, 0.3) is 5.91 Å². The number of hydrogen-bond acceptors (Lipinski definition) is 1. The van der Waals surface area contributed by atoms with Gasteiger partial charge in [0.15, 0.2) is 0 Å². The molecule has 0 spiro atoms. The van der Waals surface area contributed by atoms with Crippen molar-refractivity contribution in [2.75, 3.05) is 6.54 Å². The van der Waals surface area contributed by atoms with Gasteiger partial charge in [0.05, 0.1) is 5.56 Å². The van der Waals surface area contributed by atoms with Crippen LogP contribution in [0.2, 0.25) is 0 Å². The molecule has 8 unspecified atom stereocenters. The Labute approximate surface area is 129 Å². The highest BCUT2D eigenvalue weighted by molar-refractivity contribution is 5.94. The molecule has 1 aromatic carbocycles. The van der Waals surface area contributed by atoms with E-state index in [1.54, 1.807) is 18.2 Å². The van der Waals surface area contributed by atoms with Gasteiger partial charge in [-0.05, 0) is 78.2 Å². The molecule has 22 heavy (non-hydrogen) atoms. The Bertz CT molecular complexity index is 660. The van der Waals surface area contributed by atoms with Crippen LogP contribution in [0.3, 0.4) is 0 Å². The van der Waals surface area contributed by atoms with Crippen molar-refractivity contribution in [2.24, 2.45) is 53.3 Å². The first-order valence-electron chi connectivity index (χ1n) is 8.78. The normalized spacial score (nSPS) is 51.4. The maximum Gasteiger partial charge on any atom is 0.254 e. The lowest BCUT2D eigenvalue weighted by Gasteiger charge is -2.33. The summed E-state index contributed by atoms with van der Waals surface area (Å²) in [4.78, 5) is 12.3. The first-order chi connectivity index (χ1) is 10.8. The van der Waals surface area contributed by atoms with E-state index >= 15 is 0 Å². The molecule has 0 aliphatic heterocycles. The number of carbonyl (C=O) groups is 1. The van der Waals surface area contributed by atoms with Crippen molar-refractivity contribution in [3.05, 3.63) is 35.6 Å². The van der Waals surface area contributed by atoms with Crippen LogP contribution in [0, 0.1) is 59.1 Å². The fourth-order valence-corrected chi connectivity index (χ4v) is 8.04. The van der Waals surface area contributed by atoms with Crippen molar-refractivity contribution in [3.8, 4) is 0 Å². The minimum absolute atomic E-state index is 0.185. The molecule has 7 rings (SSSR count). The van der Waals surface area contributed by atoms with Crippen LogP contribution in [0.15, 0.2) is 24.3 Å². The molecule has 2 nitrogen and oxygen atoms in total. The van der Waals surface area contributed by atoms with Gasteiger partial charge >= 0.3 is 0 Å². The minimum atomic E-state index is -0.418. The molecule has 114 valence electrons. The van der Waals surface area contributed by atoms with Crippen LogP contribution < -0.4 is 5.32 Å². The van der Waals surface area contributed by atoms with Gasteiger partial charge in [-0.1, -0.05) is 12.1 Å². The zero-order valence-electron chi connectivity index (χ0n) is 12.4. The quantitative estimate of drug-likeness (QED) is 0.913. The SMILES string of the molecule is O=C(NCC1C2C3CC4C5CC(C42)C1C53)c1ccccc1F. The van der Waals surface area contributed by atoms with Gasteiger partial charge in [-0.15, -0.1) is 0 Å². The predicted octanol–water partition coefficient (Wildman–Crippen LogP) is 2.95. The Kier molecular flexibility index (Phi) is 2.06. The van der Waals surface area contributed by atoms with Crippen molar-refractivity contribution in [3.63, 3.8) is 0 Å². The van der Waals surface area contributed by atoms with Crippen molar-refractivity contribution in [1.29, 1.82) is 0 Å². The highest BCUT2D eigenvalue weighted by Crippen LogP contribution is 2.84. The molecule has 3 heteroatoms. The molecule has 1 aromatic rings. The average molecular weight is 297 g/mol. The lowest BCUT2D eigenvalue weighted by atomic mass is 9.71. The first kappa shape index (κ1) is 12.1. The summed E-state index contributed by atoms with van der Waals surface area (Å²) in [6, 6.07) is 6.28. The molecule has 8 atom stereocenters. The van der Waals surface area contributed by atoms with Gasteiger partial charge in [0.1, 0.15) is 5.82 Å². The van der Waals surface area contributed by atoms with Crippen LogP contribution in [0.5, 0.6) is 0 Å². The van der Waals surface area contributed by atoms with E-state index in [2.05, 4.69) is 5.32 Å². The number of hydrogen-bond donors (Lipinski definition) is 1. The first-order valence-corrected chi connectivity index (χ1v) is 8.78. The molecule has 6 saturated carbocycles. The van der Waals surface area contributed by atoms with E-state index in [0.717, 1.165) is 53.9 Å². The number of benzene rings is 1. The lowest BCUT2D eigenvalue weighted by molar-refractivity contribution is 0.0938. The number of nitrogens with one attached hydrogen (secondary N) is 1. The molecule has 6 fully saturated rings. The summed E-state index contributed by atoms with van der Waals surface area (Å²) in [6.45, 7) is 0.766. The van der Waals surface area contributed by atoms with Gasteiger partial charge in [-0.3, -0.25) is 4.79 Å². The largest absolute Gasteiger partial charge is 0.352 e. The summed E-state index contributed by atoms with van der Waals surface area (Å²) in [5.41, 5.74) is 0.185. The third-order valence-corrected chi connectivity index (χ3v) is 8.10. The zero-order chi connectivity index (χ0) is 14.6. The second kappa shape index (κ2) is 3.74. The van der Waals surface area contributed by atoms with E-state index in [4.69, 9.17) is 0 Å². The summed E-state index contributed by atoms with van der Waals surface area (Å²) in [5, 5.41) is 3.05. The smallest absolute Gasteiger partial charge is 0.254 e. The molecular weight excluding hydrogens is 277 g/mol. The van der Waals surface area contributed by atoms with Gasteiger partial charge in [-0.2, -0.15) is 0 Å². The monoisotopic (exact) mass is 297 g/mol. The number of carbonyl (C=O) groups excluding carboxylic acids is 1. The van der Waals surface area contributed by atoms with E-state index in [-0.39, 0.29) is 11.5 Å². The highest BCUT2D eigenvalue weighted by Gasteiger charge is 2.79.